The molecule has 0 N–H and O–H groups in total. The molecule has 0 fully saturated rings. The van der Waals surface area contributed by atoms with Crippen LogP contribution in [-0.4, -0.2) is 22.4 Å². The number of carbonyl (C=O) groups is 2. The molecule has 4 rings (SSSR count). The van der Waals surface area contributed by atoms with Gasteiger partial charge in [-0.2, -0.15) is 0 Å². The molecule has 102 valence electrons. The van der Waals surface area contributed by atoms with E-state index in [0.717, 1.165) is 21.5 Å². The molecule has 0 saturated carbocycles. The minimum atomic E-state index is -0.148. The molecule has 0 spiro atoms. The van der Waals surface area contributed by atoms with Gasteiger partial charge in [0.25, 0.3) is 0 Å². The molecular formula is C16H10N2O2S. The van der Waals surface area contributed by atoms with E-state index in [0.29, 0.717) is 11.6 Å². The maximum absolute atomic E-state index is 12.0. The first kappa shape index (κ1) is 12.3. The van der Waals surface area contributed by atoms with E-state index in [4.69, 9.17) is 0 Å². The molecule has 0 radical (unpaired) electrons. The van der Waals surface area contributed by atoms with E-state index in [-0.39, 0.29) is 11.6 Å². The van der Waals surface area contributed by atoms with Gasteiger partial charge in [0.1, 0.15) is 0 Å². The van der Waals surface area contributed by atoms with Crippen molar-refractivity contribution in [1.82, 2.24) is 4.98 Å². The Morgan fingerprint density at radius 1 is 1.19 bits per heavy atom. The maximum atomic E-state index is 12.0. The molecule has 5 heteroatoms. The second-order valence-corrected chi connectivity index (χ2v) is 5.83. The fraction of sp³-hybridized carbons (Fsp3) is 0.0625. The van der Waals surface area contributed by atoms with Crippen LogP contribution in [0.3, 0.4) is 0 Å². The van der Waals surface area contributed by atoms with Crippen LogP contribution in [-0.2, 0) is 9.59 Å². The number of benzene rings is 1. The summed E-state index contributed by atoms with van der Waals surface area (Å²) in [6.45, 7) is 0. The summed E-state index contributed by atoms with van der Waals surface area (Å²) in [5.41, 5.74) is 2.34. The molecule has 2 aliphatic rings. The van der Waals surface area contributed by atoms with Gasteiger partial charge in [-0.15, -0.1) is 11.8 Å². The molecule has 1 aliphatic carbocycles. The number of ketones is 2. The summed E-state index contributed by atoms with van der Waals surface area (Å²) in [7, 11) is 0. The van der Waals surface area contributed by atoms with Gasteiger partial charge in [-0.25, -0.2) is 0 Å². The van der Waals surface area contributed by atoms with E-state index in [2.05, 4.69) is 4.98 Å². The molecule has 2 heterocycles. The highest BCUT2D eigenvalue weighted by Gasteiger charge is 2.28. The van der Waals surface area contributed by atoms with Crippen LogP contribution < -0.4 is 4.90 Å². The molecule has 1 aliphatic heterocycles. The van der Waals surface area contributed by atoms with Gasteiger partial charge < -0.3 is 4.90 Å². The number of carbonyl (C=O) groups excluding carboxylic acids is 2. The monoisotopic (exact) mass is 294 g/mol. The Morgan fingerprint density at radius 2 is 2.10 bits per heavy atom. The number of hydrogen-bond donors (Lipinski definition) is 0. The first-order valence-corrected chi connectivity index (χ1v) is 7.48. The van der Waals surface area contributed by atoms with Gasteiger partial charge in [-0.3, -0.25) is 14.6 Å². The minimum Gasteiger partial charge on any atom is -0.327 e. The fourth-order valence-electron chi connectivity index (χ4n) is 2.53. The molecular weight excluding hydrogens is 284 g/mol. The van der Waals surface area contributed by atoms with Crippen LogP contribution in [0.25, 0.3) is 10.9 Å². The zero-order valence-corrected chi connectivity index (χ0v) is 11.8. The first-order valence-electron chi connectivity index (χ1n) is 6.49. The van der Waals surface area contributed by atoms with Gasteiger partial charge in [0.2, 0.25) is 5.78 Å². The zero-order valence-electron chi connectivity index (χ0n) is 10.9. The average Bonchev–Trinajstić information content (AvgIpc) is 2.90. The fourth-order valence-corrected chi connectivity index (χ4v) is 3.59. The normalized spacial score (nSPS) is 17.3. The summed E-state index contributed by atoms with van der Waals surface area (Å²) < 4.78 is 0. The lowest BCUT2D eigenvalue weighted by Gasteiger charge is -2.21. The smallest absolute Gasteiger partial charge is 0.202 e. The van der Waals surface area contributed by atoms with Gasteiger partial charge in [-0.1, -0.05) is 6.07 Å². The van der Waals surface area contributed by atoms with Gasteiger partial charge >= 0.3 is 0 Å². The number of hydrogen-bond acceptors (Lipinski definition) is 5. The van der Waals surface area contributed by atoms with Crippen molar-refractivity contribution in [2.45, 2.75) is 4.90 Å². The minimum absolute atomic E-state index is 0.130. The molecule has 21 heavy (non-hydrogen) atoms. The van der Waals surface area contributed by atoms with Crippen molar-refractivity contribution in [3.8, 4) is 0 Å². The summed E-state index contributed by atoms with van der Waals surface area (Å²) in [5, 5.41) is 1.02. The van der Waals surface area contributed by atoms with Gasteiger partial charge in [0, 0.05) is 22.6 Å². The van der Waals surface area contributed by atoms with Crippen LogP contribution in [0, 0.1) is 0 Å². The van der Waals surface area contributed by atoms with Crippen LogP contribution in [0.4, 0.5) is 5.69 Å². The molecule has 0 unspecified atom stereocenters. The van der Waals surface area contributed by atoms with Crippen molar-refractivity contribution in [2.75, 3.05) is 10.8 Å². The number of anilines is 1. The molecule has 1 aromatic heterocycles. The quantitative estimate of drug-likeness (QED) is 0.757. The van der Waals surface area contributed by atoms with Crippen molar-refractivity contribution >= 4 is 39.9 Å². The van der Waals surface area contributed by atoms with E-state index in [9.17, 15) is 9.59 Å². The van der Waals surface area contributed by atoms with Crippen molar-refractivity contribution in [3.05, 3.63) is 54.4 Å². The summed E-state index contributed by atoms with van der Waals surface area (Å²) >= 11 is 1.65. The number of thioether (sulfide) groups is 1. The summed E-state index contributed by atoms with van der Waals surface area (Å²) in [6.07, 6.45) is 5.82. The Balaban J connectivity index is 1.84. The Labute approximate surface area is 125 Å². The van der Waals surface area contributed by atoms with Crippen molar-refractivity contribution in [2.24, 2.45) is 0 Å². The molecule has 0 bridgehead atoms. The third-order valence-corrected chi connectivity index (χ3v) is 4.57. The Hall–Kier alpha value is -2.40. The standard InChI is InChI=1S/C16H10N2O2S/c19-11-3-4-15(20)13(7-11)18-9-21-16-8-12-10(6-14(16)18)2-1-5-17-12/h1-8H,9H2. The number of fused-ring (bicyclic) bond motifs is 2. The van der Waals surface area contributed by atoms with Crippen molar-refractivity contribution in [1.29, 1.82) is 0 Å². The molecule has 4 nitrogen and oxygen atoms in total. The van der Waals surface area contributed by atoms with Crippen LogP contribution in [0.1, 0.15) is 0 Å². The van der Waals surface area contributed by atoms with E-state index >= 15 is 0 Å². The first-order chi connectivity index (χ1) is 10.2. The highest BCUT2D eigenvalue weighted by Crippen LogP contribution is 2.42. The molecule has 1 aromatic carbocycles. The van der Waals surface area contributed by atoms with Crippen LogP contribution >= 0.6 is 11.8 Å². The highest BCUT2D eigenvalue weighted by atomic mass is 32.2. The molecule has 2 aromatic rings. The molecule has 0 amide bonds. The largest absolute Gasteiger partial charge is 0.327 e. The van der Waals surface area contributed by atoms with Gasteiger partial charge in [0.05, 0.1) is 22.8 Å². The predicted molar refractivity (Wildman–Crippen MR) is 82.2 cm³/mol. The summed E-state index contributed by atoms with van der Waals surface area (Å²) in [6, 6.07) is 7.93. The van der Waals surface area contributed by atoms with Crippen LogP contribution in [0.5, 0.6) is 0 Å². The second kappa shape index (κ2) is 4.56. The highest BCUT2D eigenvalue weighted by molar-refractivity contribution is 7.99. The lowest BCUT2D eigenvalue weighted by atomic mass is 10.1. The lowest BCUT2D eigenvalue weighted by Crippen LogP contribution is -2.26. The maximum Gasteiger partial charge on any atom is 0.202 e. The lowest BCUT2D eigenvalue weighted by molar-refractivity contribution is -0.114. The van der Waals surface area contributed by atoms with Crippen molar-refractivity contribution in [3.63, 3.8) is 0 Å². The van der Waals surface area contributed by atoms with E-state index in [1.807, 2.05) is 29.2 Å². The molecule has 0 atom stereocenters. The predicted octanol–water partition coefficient (Wildman–Crippen LogP) is 2.70. The van der Waals surface area contributed by atoms with E-state index in [1.165, 1.54) is 18.2 Å². The SMILES string of the molecule is O=C1C=CC(=O)C(N2CSc3cc4ncccc4cc32)=C1. The molecule has 0 saturated heterocycles. The summed E-state index contributed by atoms with van der Waals surface area (Å²) in [5.74, 6) is 0.351. The zero-order chi connectivity index (χ0) is 14.4. The average molecular weight is 294 g/mol. The third kappa shape index (κ3) is 1.97. The van der Waals surface area contributed by atoms with E-state index < -0.39 is 0 Å². The van der Waals surface area contributed by atoms with Gasteiger partial charge in [0.15, 0.2) is 5.78 Å². The number of aromatic nitrogens is 1. The van der Waals surface area contributed by atoms with Crippen LogP contribution in [0.15, 0.2) is 59.3 Å². The Morgan fingerprint density at radius 3 is 3.00 bits per heavy atom. The number of rotatable bonds is 1. The summed E-state index contributed by atoms with van der Waals surface area (Å²) in [4.78, 5) is 30.9. The van der Waals surface area contributed by atoms with Crippen LogP contribution in [0.2, 0.25) is 0 Å². The number of allylic oxidation sites excluding steroid dienone is 3. The van der Waals surface area contributed by atoms with E-state index in [1.54, 1.807) is 18.0 Å². The number of nitrogens with zero attached hydrogens (tertiary/aromatic N) is 2. The second-order valence-electron chi connectivity index (χ2n) is 4.85. The number of pyridine rings is 1. The Kier molecular flexibility index (Phi) is 2.68. The third-order valence-electron chi connectivity index (χ3n) is 3.54. The topological polar surface area (TPSA) is 50.3 Å². The van der Waals surface area contributed by atoms with Gasteiger partial charge in [-0.05, 0) is 30.4 Å². The van der Waals surface area contributed by atoms with Crippen molar-refractivity contribution < 1.29 is 9.59 Å². The Bertz CT molecular complexity index is 854.